The monoisotopic (exact) mass is 328 g/mol. The summed E-state index contributed by atoms with van der Waals surface area (Å²) in [6.45, 7) is 3.36. The van der Waals surface area contributed by atoms with Crippen LogP contribution in [0.3, 0.4) is 0 Å². The van der Waals surface area contributed by atoms with E-state index in [9.17, 15) is 0 Å². The molecule has 0 unspecified atom stereocenters. The summed E-state index contributed by atoms with van der Waals surface area (Å²) >= 11 is 0. The van der Waals surface area contributed by atoms with Gasteiger partial charge in [0.25, 0.3) is 0 Å². The Labute approximate surface area is 147 Å². The Morgan fingerprint density at radius 1 is 0.880 bits per heavy atom. The molecule has 0 saturated heterocycles. The zero-order valence-corrected chi connectivity index (χ0v) is 14.2. The summed E-state index contributed by atoms with van der Waals surface area (Å²) in [5.41, 5.74) is 4.67. The van der Waals surface area contributed by atoms with E-state index in [2.05, 4.69) is 47.9 Å². The first-order chi connectivity index (χ1) is 12.3. The van der Waals surface area contributed by atoms with Crippen LogP contribution in [0.15, 0.2) is 78.9 Å². The number of aryl methyl sites for hydroxylation is 1. The number of hydrogen-bond acceptors (Lipinski definition) is 2. The first-order valence-electron chi connectivity index (χ1n) is 8.47. The average Bonchev–Trinajstić information content (AvgIpc) is 2.99. The van der Waals surface area contributed by atoms with E-state index in [-0.39, 0.29) is 0 Å². The molecule has 0 aliphatic rings. The van der Waals surface area contributed by atoms with Crippen molar-refractivity contribution < 1.29 is 4.74 Å². The van der Waals surface area contributed by atoms with Crippen LogP contribution in [-0.2, 0) is 13.2 Å². The molecule has 0 saturated carbocycles. The van der Waals surface area contributed by atoms with Crippen molar-refractivity contribution in [3.63, 3.8) is 0 Å². The van der Waals surface area contributed by atoms with Crippen LogP contribution in [0, 0.1) is 6.92 Å². The number of fused-ring (bicyclic) bond motifs is 1. The third kappa shape index (κ3) is 3.41. The predicted molar refractivity (Wildman–Crippen MR) is 101 cm³/mol. The minimum atomic E-state index is 0.449. The van der Waals surface area contributed by atoms with Gasteiger partial charge in [-0.1, -0.05) is 60.2 Å². The SMILES string of the molecule is Cc1cccc(Cn2c(COc3ccccc3)nc3ccccc32)c1. The van der Waals surface area contributed by atoms with Gasteiger partial charge in [0.05, 0.1) is 11.0 Å². The lowest BCUT2D eigenvalue weighted by Gasteiger charge is -2.11. The van der Waals surface area contributed by atoms with Gasteiger partial charge in [-0.05, 0) is 36.8 Å². The molecule has 3 nitrogen and oxygen atoms in total. The fourth-order valence-electron chi connectivity index (χ4n) is 3.07. The molecule has 0 bridgehead atoms. The minimum absolute atomic E-state index is 0.449. The third-order valence-corrected chi connectivity index (χ3v) is 4.27. The molecule has 3 heteroatoms. The number of benzene rings is 3. The topological polar surface area (TPSA) is 27.1 Å². The van der Waals surface area contributed by atoms with Crippen LogP contribution < -0.4 is 4.74 Å². The highest BCUT2D eigenvalue weighted by atomic mass is 16.5. The van der Waals surface area contributed by atoms with Crippen molar-refractivity contribution in [3.05, 3.63) is 95.8 Å². The fraction of sp³-hybridized carbons (Fsp3) is 0.136. The Morgan fingerprint density at radius 2 is 1.68 bits per heavy atom. The molecule has 0 fully saturated rings. The van der Waals surface area contributed by atoms with Crippen LogP contribution in [0.4, 0.5) is 0 Å². The van der Waals surface area contributed by atoms with Crippen molar-refractivity contribution in [3.8, 4) is 5.75 Å². The number of ether oxygens (including phenoxy) is 1. The lowest BCUT2D eigenvalue weighted by molar-refractivity contribution is 0.291. The van der Waals surface area contributed by atoms with Crippen molar-refractivity contribution in [1.82, 2.24) is 9.55 Å². The number of nitrogens with zero attached hydrogens (tertiary/aromatic N) is 2. The van der Waals surface area contributed by atoms with Crippen LogP contribution in [0.5, 0.6) is 5.75 Å². The Balaban J connectivity index is 1.68. The van der Waals surface area contributed by atoms with E-state index in [0.29, 0.717) is 6.61 Å². The van der Waals surface area contributed by atoms with Crippen molar-refractivity contribution in [2.45, 2.75) is 20.1 Å². The van der Waals surface area contributed by atoms with Crippen molar-refractivity contribution >= 4 is 11.0 Å². The molecule has 4 aromatic rings. The Kier molecular flexibility index (Phi) is 4.21. The zero-order chi connectivity index (χ0) is 17.1. The van der Waals surface area contributed by atoms with Gasteiger partial charge in [-0.25, -0.2) is 4.98 Å². The van der Waals surface area contributed by atoms with E-state index in [4.69, 9.17) is 9.72 Å². The number of imidazole rings is 1. The highest BCUT2D eigenvalue weighted by molar-refractivity contribution is 5.76. The molecular weight excluding hydrogens is 308 g/mol. The van der Waals surface area contributed by atoms with Gasteiger partial charge in [0.15, 0.2) is 0 Å². The third-order valence-electron chi connectivity index (χ3n) is 4.27. The molecule has 0 aliphatic carbocycles. The minimum Gasteiger partial charge on any atom is -0.486 e. The normalized spacial score (nSPS) is 10.9. The molecule has 4 rings (SSSR count). The van der Waals surface area contributed by atoms with Crippen LogP contribution >= 0.6 is 0 Å². The molecule has 0 atom stereocenters. The molecule has 0 spiro atoms. The Hall–Kier alpha value is -3.07. The number of rotatable bonds is 5. The van der Waals surface area contributed by atoms with E-state index >= 15 is 0 Å². The van der Waals surface area contributed by atoms with E-state index in [1.807, 2.05) is 42.5 Å². The van der Waals surface area contributed by atoms with Gasteiger partial charge < -0.3 is 9.30 Å². The molecule has 0 N–H and O–H groups in total. The zero-order valence-electron chi connectivity index (χ0n) is 14.2. The second kappa shape index (κ2) is 6.81. The Morgan fingerprint density at radius 3 is 2.52 bits per heavy atom. The maximum Gasteiger partial charge on any atom is 0.148 e. The van der Waals surface area contributed by atoms with Crippen LogP contribution in [0.25, 0.3) is 11.0 Å². The molecule has 0 radical (unpaired) electrons. The summed E-state index contributed by atoms with van der Waals surface area (Å²) in [4.78, 5) is 4.78. The van der Waals surface area contributed by atoms with Crippen molar-refractivity contribution in [2.24, 2.45) is 0 Å². The van der Waals surface area contributed by atoms with Crippen molar-refractivity contribution in [1.29, 1.82) is 0 Å². The summed E-state index contributed by atoms with van der Waals surface area (Å²) in [7, 11) is 0. The van der Waals surface area contributed by atoms with Gasteiger partial charge in [-0.15, -0.1) is 0 Å². The maximum atomic E-state index is 5.94. The summed E-state index contributed by atoms with van der Waals surface area (Å²) < 4.78 is 8.18. The summed E-state index contributed by atoms with van der Waals surface area (Å²) in [5.74, 6) is 1.79. The summed E-state index contributed by atoms with van der Waals surface area (Å²) in [6, 6.07) is 26.7. The number of aromatic nitrogens is 2. The standard InChI is InChI=1S/C22H20N2O/c1-17-8-7-9-18(14-17)15-24-21-13-6-5-12-20(21)23-22(24)16-25-19-10-3-2-4-11-19/h2-14H,15-16H2,1H3. The molecule has 25 heavy (non-hydrogen) atoms. The van der Waals surface area contributed by atoms with Gasteiger partial charge in [0, 0.05) is 6.54 Å². The predicted octanol–water partition coefficient (Wildman–Crippen LogP) is 4.97. The number of para-hydroxylation sites is 3. The first kappa shape index (κ1) is 15.5. The summed E-state index contributed by atoms with van der Waals surface area (Å²) in [5, 5.41) is 0. The first-order valence-corrected chi connectivity index (χ1v) is 8.47. The molecule has 124 valence electrons. The summed E-state index contributed by atoms with van der Waals surface area (Å²) in [6.07, 6.45) is 0. The lowest BCUT2D eigenvalue weighted by atomic mass is 10.1. The molecule has 0 amide bonds. The van der Waals surface area contributed by atoms with Crippen LogP contribution in [-0.4, -0.2) is 9.55 Å². The highest BCUT2D eigenvalue weighted by Crippen LogP contribution is 2.20. The smallest absolute Gasteiger partial charge is 0.148 e. The maximum absolute atomic E-state index is 5.94. The van der Waals surface area contributed by atoms with Crippen LogP contribution in [0.2, 0.25) is 0 Å². The van der Waals surface area contributed by atoms with E-state index < -0.39 is 0 Å². The highest BCUT2D eigenvalue weighted by Gasteiger charge is 2.11. The van der Waals surface area contributed by atoms with E-state index in [1.54, 1.807) is 0 Å². The van der Waals surface area contributed by atoms with Gasteiger partial charge in [0.2, 0.25) is 0 Å². The second-order valence-corrected chi connectivity index (χ2v) is 6.19. The average molecular weight is 328 g/mol. The van der Waals surface area contributed by atoms with Gasteiger partial charge >= 0.3 is 0 Å². The van der Waals surface area contributed by atoms with Gasteiger partial charge in [0.1, 0.15) is 18.2 Å². The molecule has 3 aromatic carbocycles. The van der Waals surface area contributed by atoms with Gasteiger partial charge in [-0.3, -0.25) is 0 Å². The molecule has 1 heterocycles. The molecule has 0 aliphatic heterocycles. The van der Waals surface area contributed by atoms with Crippen LogP contribution in [0.1, 0.15) is 17.0 Å². The van der Waals surface area contributed by atoms with Gasteiger partial charge in [-0.2, -0.15) is 0 Å². The van der Waals surface area contributed by atoms with Crippen molar-refractivity contribution in [2.75, 3.05) is 0 Å². The Bertz CT molecular complexity index is 989. The van der Waals surface area contributed by atoms with E-state index in [1.165, 1.54) is 11.1 Å². The second-order valence-electron chi connectivity index (χ2n) is 6.19. The largest absolute Gasteiger partial charge is 0.486 e. The molecule has 1 aromatic heterocycles. The fourth-order valence-corrected chi connectivity index (χ4v) is 3.07. The quantitative estimate of drug-likeness (QED) is 0.517. The lowest BCUT2D eigenvalue weighted by Crippen LogP contribution is -2.08. The number of hydrogen-bond donors (Lipinski definition) is 0. The molecular formula is C22H20N2O. The van der Waals surface area contributed by atoms with E-state index in [0.717, 1.165) is 29.2 Å².